The summed E-state index contributed by atoms with van der Waals surface area (Å²) in [6.07, 6.45) is 0. The van der Waals surface area contributed by atoms with E-state index in [0.29, 0.717) is 41.7 Å². The molecule has 194 valence electrons. The molecule has 1 atom stereocenters. The van der Waals surface area contributed by atoms with Gasteiger partial charge in [-0.25, -0.2) is 0 Å². The number of ketones is 1. The van der Waals surface area contributed by atoms with E-state index >= 15 is 0 Å². The lowest BCUT2D eigenvalue weighted by atomic mass is 9.94. The van der Waals surface area contributed by atoms with Crippen LogP contribution in [0.3, 0.4) is 0 Å². The summed E-state index contributed by atoms with van der Waals surface area (Å²) in [5.41, 5.74) is 0.737. The second kappa shape index (κ2) is 11.5. The third-order valence-corrected chi connectivity index (χ3v) is 6.13. The van der Waals surface area contributed by atoms with Crippen LogP contribution in [-0.2, 0) is 9.59 Å². The lowest BCUT2D eigenvalue weighted by Gasteiger charge is -2.27. The van der Waals surface area contributed by atoms with Crippen molar-refractivity contribution < 1.29 is 33.6 Å². The molecule has 1 saturated heterocycles. The Morgan fingerprint density at radius 1 is 1.03 bits per heavy atom. The number of likely N-dealkylation sites (N-methyl/N-ethyl adjacent to an activating group) is 1. The van der Waals surface area contributed by atoms with Crippen molar-refractivity contribution in [1.29, 1.82) is 0 Å². The van der Waals surface area contributed by atoms with Crippen LogP contribution in [0.1, 0.15) is 24.1 Å². The van der Waals surface area contributed by atoms with Gasteiger partial charge in [-0.1, -0.05) is 11.6 Å². The number of aliphatic hydroxyl groups excluding tert-OH is 1. The number of hydrogen-bond donors (Lipinski definition) is 1. The minimum Gasteiger partial charge on any atom is -0.507 e. The number of aliphatic hydroxyl groups is 1. The second-order valence-corrected chi connectivity index (χ2v) is 8.74. The van der Waals surface area contributed by atoms with Gasteiger partial charge in [-0.2, -0.15) is 0 Å². The number of hydrogen-bond acceptors (Lipinski definition) is 8. The van der Waals surface area contributed by atoms with Crippen LogP contribution in [0.25, 0.3) is 5.76 Å². The number of amides is 1. The van der Waals surface area contributed by atoms with Crippen molar-refractivity contribution in [2.24, 2.45) is 0 Å². The van der Waals surface area contributed by atoms with Gasteiger partial charge in [0, 0.05) is 18.7 Å². The molecule has 2 aromatic carbocycles. The molecule has 0 unspecified atom stereocenters. The molecule has 1 amide bonds. The first-order valence-corrected chi connectivity index (χ1v) is 11.7. The van der Waals surface area contributed by atoms with Crippen LogP contribution in [0.4, 0.5) is 0 Å². The van der Waals surface area contributed by atoms with E-state index in [9.17, 15) is 14.7 Å². The molecule has 10 heteroatoms. The number of carbonyl (C=O) groups is 2. The fraction of sp³-hybridized carbons (Fsp3) is 0.385. The standard InChI is InChI=1S/C26H31ClN2O7/c1-7-36-18-9-8-15(12-17(18)27)23(30)21-22(29(11-10-28(2)3)26(32)24(21)31)16-13-19(33-4)25(35-6)20(14-16)34-5/h8-9,12-14,22,30H,7,10-11H2,1-6H3/t22-/m0/s1. The van der Waals surface area contributed by atoms with Crippen molar-refractivity contribution >= 4 is 29.1 Å². The molecule has 1 heterocycles. The summed E-state index contributed by atoms with van der Waals surface area (Å²) in [5.74, 6) is -0.326. The molecule has 36 heavy (non-hydrogen) atoms. The highest BCUT2D eigenvalue weighted by Crippen LogP contribution is 2.46. The topological polar surface area (TPSA) is 97.8 Å². The predicted octanol–water partition coefficient (Wildman–Crippen LogP) is 3.75. The molecule has 0 aliphatic carbocycles. The number of methoxy groups -OCH3 is 3. The predicted molar refractivity (Wildman–Crippen MR) is 136 cm³/mol. The molecule has 1 N–H and O–H groups in total. The number of carbonyl (C=O) groups excluding carboxylic acids is 2. The Morgan fingerprint density at radius 2 is 1.67 bits per heavy atom. The number of rotatable bonds is 10. The highest BCUT2D eigenvalue weighted by atomic mass is 35.5. The minimum absolute atomic E-state index is 0.0618. The molecule has 1 fully saturated rings. The van der Waals surface area contributed by atoms with Crippen LogP contribution in [-0.4, -0.2) is 81.7 Å². The van der Waals surface area contributed by atoms with Gasteiger partial charge in [0.1, 0.15) is 11.5 Å². The zero-order valence-electron chi connectivity index (χ0n) is 21.3. The first-order chi connectivity index (χ1) is 17.2. The summed E-state index contributed by atoms with van der Waals surface area (Å²) in [5, 5.41) is 11.6. The van der Waals surface area contributed by atoms with Crippen molar-refractivity contribution in [2.45, 2.75) is 13.0 Å². The van der Waals surface area contributed by atoms with E-state index < -0.39 is 17.7 Å². The minimum atomic E-state index is -0.899. The largest absolute Gasteiger partial charge is 0.507 e. The summed E-state index contributed by atoms with van der Waals surface area (Å²) in [6, 6.07) is 7.13. The van der Waals surface area contributed by atoms with E-state index in [2.05, 4.69) is 0 Å². The molecular weight excluding hydrogens is 488 g/mol. The van der Waals surface area contributed by atoms with Crippen molar-refractivity contribution in [3.05, 3.63) is 52.1 Å². The van der Waals surface area contributed by atoms with Crippen LogP contribution in [0.5, 0.6) is 23.0 Å². The first kappa shape index (κ1) is 27.2. The van der Waals surface area contributed by atoms with Gasteiger partial charge in [-0.3, -0.25) is 9.59 Å². The molecule has 0 aromatic heterocycles. The van der Waals surface area contributed by atoms with Gasteiger partial charge < -0.3 is 33.9 Å². The Kier molecular flexibility index (Phi) is 8.70. The molecule has 0 radical (unpaired) electrons. The van der Waals surface area contributed by atoms with E-state index in [1.807, 2.05) is 25.9 Å². The van der Waals surface area contributed by atoms with Crippen LogP contribution in [0.2, 0.25) is 5.02 Å². The maximum atomic E-state index is 13.3. The fourth-order valence-corrected chi connectivity index (χ4v) is 4.34. The van der Waals surface area contributed by atoms with Crippen molar-refractivity contribution in [2.75, 3.05) is 55.1 Å². The SMILES string of the molecule is CCOc1ccc(C(O)=C2C(=O)C(=O)N(CCN(C)C)[C@H]2c2cc(OC)c(OC)c(OC)c2)cc1Cl. The van der Waals surface area contributed by atoms with Gasteiger partial charge in [0.25, 0.3) is 11.7 Å². The fourth-order valence-electron chi connectivity index (χ4n) is 4.10. The zero-order valence-corrected chi connectivity index (χ0v) is 22.0. The van der Waals surface area contributed by atoms with Crippen LogP contribution in [0.15, 0.2) is 35.9 Å². The molecule has 1 aliphatic rings. The van der Waals surface area contributed by atoms with E-state index in [0.717, 1.165) is 0 Å². The number of halogens is 1. The van der Waals surface area contributed by atoms with Crippen molar-refractivity contribution in [1.82, 2.24) is 9.80 Å². The maximum absolute atomic E-state index is 13.3. The average molecular weight is 519 g/mol. The van der Waals surface area contributed by atoms with Gasteiger partial charge in [-0.05, 0) is 56.9 Å². The Hall–Kier alpha value is -3.43. The molecule has 0 spiro atoms. The van der Waals surface area contributed by atoms with E-state index in [1.165, 1.54) is 32.3 Å². The first-order valence-electron chi connectivity index (χ1n) is 11.3. The Balaban J connectivity index is 2.24. The van der Waals surface area contributed by atoms with Gasteiger partial charge in [0.05, 0.1) is 44.6 Å². The van der Waals surface area contributed by atoms with Gasteiger partial charge >= 0.3 is 0 Å². The third-order valence-electron chi connectivity index (χ3n) is 5.84. The van der Waals surface area contributed by atoms with Crippen molar-refractivity contribution in [3.8, 4) is 23.0 Å². The number of Topliss-reactive ketones (excluding diaryl/α,β-unsaturated/α-hetero) is 1. The highest BCUT2D eigenvalue weighted by Gasteiger charge is 2.46. The zero-order chi connectivity index (χ0) is 26.6. The Bertz CT molecular complexity index is 1150. The maximum Gasteiger partial charge on any atom is 0.295 e. The molecular formula is C26H31ClN2O7. The molecule has 3 rings (SSSR count). The van der Waals surface area contributed by atoms with E-state index in [4.69, 9.17) is 30.5 Å². The summed E-state index contributed by atoms with van der Waals surface area (Å²) >= 11 is 6.33. The van der Waals surface area contributed by atoms with Gasteiger partial charge in [0.2, 0.25) is 5.75 Å². The molecule has 0 saturated carbocycles. The highest BCUT2D eigenvalue weighted by molar-refractivity contribution is 6.46. The van der Waals surface area contributed by atoms with Crippen molar-refractivity contribution in [3.63, 3.8) is 0 Å². The van der Waals surface area contributed by atoms with E-state index in [-0.39, 0.29) is 28.5 Å². The third kappa shape index (κ3) is 5.22. The van der Waals surface area contributed by atoms with Crippen LogP contribution in [0, 0.1) is 0 Å². The lowest BCUT2D eigenvalue weighted by Crippen LogP contribution is -2.35. The van der Waals surface area contributed by atoms with E-state index in [1.54, 1.807) is 24.3 Å². The molecule has 0 bridgehead atoms. The summed E-state index contributed by atoms with van der Waals surface area (Å²) in [4.78, 5) is 29.8. The second-order valence-electron chi connectivity index (χ2n) is 8.33. The summed E-state index contributed by atoms with van der Waals surface area (Å²) < 4.78 is 21.9. The molecule has 1 aliphatic heterocycles. The normalized spacial score (nSPS) is 17.0. The average Bonchev–Trinajstić information content (AvgIpc) is 3.12. The smallest absolute Gasteiger partial charge is 0.295 e. The molecule has 2 aromatic rings. The number of nitrogens with zero attached hydrogens (tertiary/aromatic N) is 2. The van der Waals surface area contributed by atoms with Gasteiger partial charge in [-0.15, -0.1) is 0 Å². The monoisotopic (exact) mass is 518 g/mol. The Morgan fingerprint density at radius 3 is 2.17 bits per heavy atom. The lowest BCUT2D eigenvalue weighted by molar-refractivity contribution is -0.140. The number of likely N-dealkylation sites (tertiary alicyclic amines) is 1. The summed E-state index contributed by atoms with van der Waals surface area (Å²) in [6.45, 7) is 3.00. The quantitative estimate of drug-likeness (QED) is 0.288. The number of benzene rings is 2. The van der Waals surface area contributed by atoms with Crippen LogP contribution < -0.4 is 18.9 Å². The Labute approximate surface area is 215 Å². The summed E-state index contributed by atoms with van der Waals surface area (Å²) in [7, 11) is 8.18. The number of ether oxygens (including phenoxy) is 4. The molecule has 9 nitrogen and oxygen atoms in total. The van der Waals surface area contributed by atoms with Gasteiger partial charge in [0.15, 0.2) is 11.5 Å². The van der Waals surface area contributed by atoms with Crippen LogP contribution >= 0.6 is 11.6 Å².